The maximum atomic E-state index is 12.8. The van der Waals surface area contributed by atoms with Crippen molar-refractivity contribution in [2.45, 2.75) is 19.8 Å². The second-order valence-corrected chi connectivity index (χ2v) is 7.37. The van der Waals surface area contributed by atoms with E-state index in [1.165, 1.54) is 6.33 Å². The number of amides is 1. The Hall–Kier alpha value is -3.75. The highest BCUT2D eigenvalue weighted by molar-refractivity contribution is 6.03. The highest BCUT2D eigenvalue weighted by Gasteiger charge is 2.19. The number of carbonyl (C=O) groups excluding carboxylic acids is 1. The van der Waals surface area contributed by atoms with Crippen LogP contribution in [0, 0.1) is 5.92 Å². The summed E-state index contributed by atoms with van der Waals surface area (Å²) in [4.78, 5) is 50.7. The molecule has 1 aromatic carbocycles. The van der Waals surface area contributed by atoms with Crippen molar-refractivity contribution < 1.29 is 4.79 Å². The van der Waals surface area contributed by atoms with Crippen molar-refractivity contribution in [1.29, 1.82) is 0 Å². The molecule has 2 N–H and O–H groups in total. The maximum absolute atomic E-state index is 12.8. The van der Waals surface area contributed by atoms with Crippen LogP contribution in [-0.2, 0) is 0 Å². The molecule has 3 heterocycles. The summed E-state index contributed by atoms with van der Waals surface area (Å²) in [6, 6.07) is 10.1. The van der Waals surface area contributed by atoms with Gasteiger partial charge < -0.3 is 15.2 Å². The molecule has 0 saturated carbocycles. The van der Waals surface area contributed by atoms with Crippen molar-refractivity contribution in [3.8, 4) is 5.69 Å². The zero-order chi connectivity index (χ0) is 21.1. The summed E-state index contributed by atoms with van der Waals surface area (Å²) in [5.74, 6) is 1.06. The van der Waals surface area contributed by atoms with Gasteiger partial charge in [0, 0.05) is 25.4 Å². The van der Waals surface area contributed by atoms with E-state index in [0.717, 1.165) is 42.5 Å². The van der Waals surface area contributed by atoms with Gasteiger partial charge in [0.15, 0.2) is 0 Å². The molecule has 0 spiro atoms. The number of hydrogen-bond donors (Lipinski definition) is 2. The zero-order valence-corrected chi connectivity index (χ0v) is 16.5. The number of H-pyrrole nitrogens is 1. The molecule has 0 bridgehead atoms. The van der Waals surface area contributed by atoms with Crippen molar-refractivity contribution in [3.05, 3.63) is 75.3 Å². The Labute approximate surface area is 172 Å². The monoisotopic (exact) mass is 406 g/mol. The van der Waals surface area contributed by atoms with E-state index >= 15 is 0 Å². The molecule has 9 heteroatoms. The number of carbonyl (C=O) groups is 1. The summed E-state index contributed by atoms with van der Waals surface area (Å²) in [6.45, 7) is 4.02. The van der Waals surface area contributed by atoms with Crippen molar-refractivity contribution in [3.63, 3.8) is 0 Å². The Morgan fingerprint density at radius 2 is 1.87 bits per heavy atom. The molecular weight excluding hydrogens is 384 g/mol. The van der Waals surface area contributed by atoms with E-state index in [0.29, 0.717) is 17.4 Å². The number of nitrogens with zero attached hydrogens (tertiary/aromatic N) is 4. The van der Waals surface area contributed by atoms with Gasteiger partial charge in [-0.05, 0) is 30.9 Å². The number of aromatic amines is 1. The first-order chi connectivity index (χ1) is 14.5. The SMILES string of the molecule is CC1CCN(c2cc(NC(=O)c3c[nH]c(=O)n(-c4ccccc4)c3=O)ncn2)CC1. The summed E-state index contributed by atoms with van der Waals surface area (Å²) < 4.78 is 0.926. The molecule has 1 fully saturated rings. The Kier molecular flexibility index (Phi) is 5.42. The predicted molar refractivity (Wildman–Crippen MR) is 113 cm³/mol. The molecule has 1 saturated heterocycles. The minimum Gasteiger partial charge on any atom is -0.356 e. The number of rotatable bonds is 4. The smallest absolute Gasteiger partial charge is 0.333 e. The lowest BCUT2D eigenvalue weighted by molar-refractivity contribution is 0.102. The van der Waals surface area contributed by atoms with Gasteiger partial charge in [0.25, 0.3) is 11.5 Å². The number of piperidine rings is 1. The van der Waals surface area contributed by atoms with Crippen molar-refractivity contribution in [1.82, 2.24) is 19.5 Å². The summed E-state index contributed by atoms with van der Waals surface area (Å²) in [5, 5.41) is 2.63. The Morgan fingerprint density at radius 3 is 2.60 bits per heavy atom. The van der Waals surface area contributed by atoms with Crippen LogP contribution in [0.25, 0.3) is 5.69 Å². The average Bonchev–Trinajstić information content (AvgIpc) is 2.75. The predicted octanol–water partition coefficient (Wildman–Crippen LogP) is 1.80. The number of anilines is 2. The second kappa shape index (κ2) is 8.32. The van der Waals surface area contributed by atoms with Crippen LogP contribution in [0.3, 0.4) is 0 Å². The summed E-state index contributed by atoms with van der Waals surface area (Å²) in [6.07, 6.45) is 4.68. The third-order valence-electron chi connectivity index (χ3n) is 5.24. The van der Waals surface area contributed by atoms with E-state index in [4.69, 9.17) is 0 Å². The van der Waals surface area contributed by atoms with Crippen LogP contribution in [0.1, 0.15) is 30.1 Å². The first-order valence-corrected chi connectivity index (χ1v) is 9.81. The number of benzene rings is 1. The minimum absolute atomic E-state index is 0.189. The van der Waals surface area contributed by atoms with Crippen molar-refractivity contribution >= 4 is 17.5 Å². The van der Waals surface area contributed by atoms with Crippen LogP contribution in [0.2, 0.25) is 0 Å². The van der Waals surface area contributed by atoms with E-state index < -0.39 is 17.2 Å². The molecule has 1 aliphatic rings. The van der Waals surface area contributed by atoms with Crippen LogP contribution in [0.15, 0.2) is 58.5 Å². The third kappa shape index (κ3) is 4.00. The molecule has 0 atom stereocenters. The zero-order valence-electron chi connectivity index (χ0n) is 16.5. The van der Waals surface area contributed by atoms with E-state index in [9.17, 15) is 14.4 Å². The van der Waals surface area contributed by atoms with Crippen LogP contribution < -0.4 is 21.5 Å². The standard InChI is InChI=1S/C21H22N6O3/c1-14-7-9-26(10-8-14)18-11-17(23-13-24-18)25-19(28)16-12-22-21(30)27(20(16)29)15-5-3-2-4-6-15/h2-6,11-14H,7-10H2,1H3,(H,22,30)(H,23,24,25,28). The van der Waals surface area contributed by atoms with Gasteiger partial charge in [0.1, 0.15) is 23.5 Å². The lowest BCUT2D eigenvalue weighted by Gasteiger charge is -2.31. The van der Waals surface area contributed by atoms with Crippen LogP contribution in [-0.4, -0.2) is 38.5 Å². The molecule has 154 valence electrons. The lowest BCUT2D eigenvalue weighted by Crippen LogP contribution is -2.38. The quantitative estimate of drug-likeness (QED) is 0.683. The van der Waals surface area contributed by atoms with Gasteiger partial charge in [-0.2, -0.15) is 0 Å². The molecule has 0 unspecified atom stereocenters. The highest BCUT2D eigenvalue weighted by Crippen LogP contribution is 2.22. The first kappa shape index (κ1) is 19.6. The van der Waals surface area contributed by atoms with Crippen molar-refractivity contribution in [2.75, 3.05) is 23.3 Å². The number of hydrogen-bond acceptors (Lipinski definition) is 6. The van der Waals surface area contributed by atoms with Gasteiger partial charge in [0.05, 0.1) is 5.69 Å². The number of para-hydroxylation sites is 1. The van der Waals surface area contributed by atoms with Crippen LogP contribution >= 0.6 is 0 Å². The lowest BCUT2D eigenvalue weighted by atomic mass is 9.99. The Balaban J connectivity index is 1.59. The minimum atomic E-state index is -0.707. The molecule has 1 aliphatic heterocycles. The highest BCUT2D eigenvalue weighted by atomic mass is 16.2. The molecule has 30 heavy (non-hydrogen) atoms. The van der Waals surface area contributed by atoms with Gasteiger partial charge >= 0.3 is 5.69 Å². The first-order valence-electron chi connectivity index (χ1n) is 9.81. The molecule has 0 aliphatic carbocycles. The van der Waals surface area contributed by atoms with Crippen molar-refractivity contribution in [2.24, 2.45) is 5.92 Å². The Morgan fingerprint density at radius 1 is 1.13 bits per heavy atom. The summed E-state index contributed by atoms with van der Waals surface area (Å²) >= 11 is 0. The second-order valence-electron chi connectivity index (χ2n) is 7.37. The molecule has 0 radical (unpaired) electrons. The van der Waals surface area contributed by atoms with Crippen LogP contribution in [0.5, 0.6) is 0 Å². The van der Waals surface area contributed by atoms with Gasteiger partial charge in [0.2, 0.25) is 0 Å². The van der Waals surface area contributed by atoms with E-state index in [1.54, 1.807) is 36.4 Å². The molecule has 1 amide bonds. The molecule has 4 rings (SSSR count). The average molecular weight is 406 g/mol. The largest absolute Gasteiger partial charge is 0.356 e. The van der Waals surface area contributed by atoms with Gasteiger partial charge in [-0.15, -0.1) is 0 Å². The Bertz CT molecular complexity index is 1160. The molecule has 9 nitrogen and oxygen atoms in total. The summed E-state index contributed by atoms with van der Waals surface area (Å²) in [7, 11) is 0. The topological polar surface area (TPSA) is 113 Å². The fourth-order valence-corrected chi connectivity index (χ4v) is 3.46. The van der Waals surface area contributed by atoms with Gasteiger partial charge in [-0.1, -0.05) is 25.1 Å². The third-order valence-corrected chi connectivity index (χ3v) is 5.24. The number of nitrogens with one attached hydrogen (secondary N) is 2. The maximum Gasteiger partial charge on any atom is 0.333 e. The molecule has 3 aromatic rings. The van der Waals surface area contributed by atoms with E-state index in [2.05, 4.69) is 32.1 Å². The van der Waals surface area contributed by atoms with Gasteiger partial charge in [-0.25, -0.2) is 19.3 Å². The fraction of sp³-hybridized carbons (Fsp3) is 0.286. The normalized spacial score (nSPS) is 14.5. The summed E-state index contributed by atoms with van der Waals surface area (Å²) in [5.41, 5.74) is -1.14. The fourth-order valence-electron chi connectivity index (χ4n) is 3.46. The number of aromatic nitrogens is 4. The van der Waals surface area contributed by atoms with Gasteiger partial charge in [-0.3, -0.25) is 9.59 Å². The van der Waals surface area contributed by atoms with E-state index in [1.807, 2.05) is 0 Å². The molecular formula is C21H22N6O3. The molecule has 2 aromatic heterocycles. The van der Waals surface area contributed by atoms with Crippen LogP contribution in [0.4, 0.5) is 11.6 Å². The van der Waals surface area contributed by atoms with E-state index in [-0.39, 0.29) is 5.56 Å².